The normalized spacial score (nSPS) is 23.0. The Morgan fingerprint density at radius 3 is 3.05 bits per heavy atom. The van der Waals surface area contributed by atoms with Crippen molar-refractivity contribution in [3.8, 4) is 9.88 Å². The number of hydrogen-bond donors (Lipinski definition) is 1. The summed E-state index contributed by atoms with van der Waals surface area (Å²) >= 11 is 3.47. The first-order valence-electron chi connectivity index (χ1n) is 7.56. The topological polar surface area (TPSA) is 36.4 Å². The molecule has 1 N–H and O–H groups in total. The van der Waals surface area contributed by atoms with Gasteiger partial charge in [0, 0.05) is 30.5 Å². The van der Waals surface area contributed by atoms with Crippen LogP contribution in [0.3, 0.4) is 0 Å². The van der Waals surface area contributed by atoms with Crippen molar-refractivity contribution < 1.29 is 5.11 Å². The first kappa shape index (κ1) is 15.2. The fourth-order valence-electron chi connectivity index (χ4n) is 3.23. The molecule has 0 aliphatic carbocycles. The molecule has 0 spiro atoms. The lowest BCUT2D eigenvalue weighted by atomic mass is 9.83. The number of aliphatic hydroxyl groups excluding tert-OH is 1. The van der Waals surface area contributed by atoms with Gasteiger partial charge in [-0.1, -0.05) is 19.4 Å². The summed E-state index contributed by atoms with van der Waals surface area (Å²) in [5.41, 5.74) is 1.29. The van der Waals surface area contributed by atoms with Crippen LogP contribution in [0.4, 0.5) is 0 Å². The van der Waals surface area contributed by atoms with Gasteiger partial charge in [0.15, 0.2) is 0 Å². The Hall–Kier alpha value is -0.750. The molecule has 2 aromatic heterocycles. The van der Waals surface area contributed by atoms with Gasteiger partial charge in [-0.05, 0) is 30.8 Å². The highest BCUT2D eigenvalue weighted by atomic mass is 32.1. The summed E-state index contributed by atoms with van der Waals surface area (Å²) < 4.78 is 0. The maximum absolute atomic E-state index is 9.72. The minimum absolute atomic E-state index is 0.126. The first-order chi connectivity index (χ1) is 10.2. The van der Waals surface area contributed by atoms with Crippen LogP contribution < -0.4 is 0 Å². The van der Waals surface area contributed by atoms with E-state index in [9.17, 15) is 5.11 Å². The molecule has 1 atom stereocenters. The van der Waals surface area contributed by atoms with Crippen molar-refractivity contribution >= 4 is 22.7 Å². The van der Waals surface area contributed by atoms with Crippen LogP contribution >= 0.6 is 22.7 Å². The zero-order chi connectivity index (χ0) is 14.7. The predicted molar refractivity (Wildman–Crippen MR) is 89.7 cm³/mol. The van der Waals surface area contributed by atoms with Gasteiger partial charge in [-0.25, -0.2) is 4.98 Å². The van der Waals surface area contributed by atoms with Gasteiger partial charge in [-0.15, -0.1) is 22.7 Å². The van der Waals surface area contributed by atoms with E-state index in [4.69, 9.17) is 4.98 Å². The molecule has 0 saturated carbocycles. The Bertz CT molecular complexity index is 567. The summed E-state index contributed by atoms with van der Waals surface area (Å²) in [6.07, 6.45) is 3.38. The van der Waals surface area contributed by atoms with E-state index >= 15 is 0 Å². The highest BCUT2D eigenvalue weighted by Gasteiger charge is 2.36. The van der Waals surface area contributed by atoms with Gasteiger partial charge >= 0.3 is 0 Å². The van der Waals surface area contributed by atoms with Crippen molar-refractivity contribution in [1.29, 1.82) is 0 Å². The fourth-order valence-corrected chi connectivity index (χ4v) is 4.85. The molecule has 3 rings (SSSR count). The van der Waals surface area contributed by atoms with Gasteiger partial charge < -0.3 is 5.11 Å². The van der Waals surface area contributed by atoms with Crippen LogP contribution in [0.5, 0.6) is 0 Å². The van der Waals surface area contributed by atoms with E-state index in [-0.39, 0.29) is 5.41 Å². The summed E-state index contributed by atoms with van der Waals surface area (Å²) in [5.74, 6) is 0. The summed E-state index contributed by atoms with van der Waals surface area (Å²) in [4.78, 5) is 8.46. The van der Waals surface area contributed by atoms with Gasteiger partial charge in [-0.3, -0.25) is 4.90 Å². The van der Waals surface area contributed by atoms with Crippen molar-refractivity contribution in [3.05, 3.63) is 28.6 Å². The van der Waals surface area contributed by atoms with Crippen LogP contribution in [-0.4, -0.2) is 34.7 Å². The zero-order valence-electron chi connectivity index (χ0n) is 12.4. The number of likely N-dealkylation sites (tertiary alicyclic amines) is 1. The number of thiazole rings is 1. The monoisotopic (exact) mass is 322 g/mol. The summed E-state index contributed by atoms with van der Waals surface area (Å²) in [6.45, 7) is 5.51. The third-order valence-corrected chi connectivity index (χ3v) is 6.23. The van der Waals surface area contributed by atoms with Crippen LogP contribution in [0.2, 0.25) is 0 Å². The number of nitrogens with zero attached hydrogens (tertiary/aromatic N) is 2. The number of thiophene rings is 1. The molecule has 1 unspecified atom stereocenters. The molecule has 114 valence electrons. The first-order valence-corrected chi connectivity index (χ1v) is 9.32. The molecule has 3 nitrogen and oxygen atoms in total. The second-order valence-electron chi connectivity index (χ2n) is 5.99. The number of rotatable bonds is 6. The summed E-state index contributed by atoms with van der Waals surface area (Å²) in [5, 5.41) is 15.1. The Labute approximate surface area is 134 Å². The SMILES string of the molecule is CCCC1(CO)CCN(Cc2csc(-c3cccs3)n2)C1. The van der Waals surface area contributed by atoms with Gasteiger partial charge in [0.2, 0.25) is 0 Å². The van der Waals surface area contributed by atoms with Gasteiger partial charge in [0.1, 0.15) is 5.01 Å². The van der Waals surface area contributed by atoms with Crippen molar-refractivity contribution in [2.24, 2.45) is 5.41 Å². The quantitative estimate of drug-likeness (QED) is 0.877. The molecule has 3 heterocycles. The highest BCUT2D eigenvalue weighted by Crippen LogP contribution is 2.36. The lowest BCUT2D eigenvalue weighted by Gasteiger charge is -2.26. The van der Waals surface area contributed by atoms with E-state index in [1.54, 1.807) is 22.7 Å². The van der Waals surface area contributed by atoms with E-state index in [1.807, 2.05) is 0 Å². The van der Waals surface area contributed by atoms with Crippen LogP contribution in [0.1, 0.15) is 31.9 Å². The summed E-state index contributed by atoms with van der Waals surface area (Å²) in [6, 6.07) is 4.20. The zero-order valence-corrected chi connectivity index (χ0v) is 14.1. The molecule has 0 aromatic carbocycles. The van der Waals surface area contributed by atoms with E-state index in [0.29, 0.717) is 6.61 Å². The van der Waals surface area contributed by atoms with Gasteiger partial charge in [0.05, 0.1) is 10.6 Å². The van der Waals surface area contributed by atoms with Crippen molar-refractivity contribution in [2.75, 3.05) is 19.7 Å². The summed E-state index contributed by atoms with van der Waals surface area (Å²) in [7, 11) is 0. The molecule has 0 amide bonds. The average molecular weight is 322 g/mol. The Morgan fingerprint density at radius 2 is 2.33 bits per heavy atom. The van der Waals surface area contributed by atoms with Crippen molar-refractivity contribution in [3.63, 3.8) is 0 Å². The number of aliphatic hydroxyl groups is 1. The minimum atomic E-state index is 0.126. The molecular weight excluding hydrogens is 300 g/mol. The Balaban J connectivity index is 1.63. The van der Waals surface area contributed by atoms with E-state index in [1.165, 1.54) is 4.88 Å². The second-order valence-corrected chi connectivity index (χ2v) is 7.80. The standard InChI is InChI=1S/C16H22N2OS2/c1-2-5-16(12-19)6-7-18(11-16)9-13-10-21-15(17-13)14-4-3-8-20-14/h3-4,8,10,19H,2,5-7,9,11-12H2,1H3. The van der Waals surface area contributed by atoms with Crippen molar-refractivity contribution in [1.82, 2.24) is 9.88 Å². The van der Waals surface area contributed by atoms with Crippen LogP contribution in [0.25, 0.3) is 9.88 Å². The molecule has 0 bridgehead atoms. The van der Waals surface area contributed by atoms with Crippen LogP contribution in [0.15, 0.2) is 22.9 Å². The average Bonchev–Trinajstić information content (AvgIpc) is 3.20. The molecule has 21 heavy (non-hydrogen) atoms. The van der Waals surface area contributed by atoms with Crippen LogP contribution in [-0.2, 0) is 6.54 Å². The smallest absolute Gasteiger partial charge is 0.133 e. The largest absolute Gasteiger partial charge is 0.396 e. The van der Waals surface area contributed by atoms with Crippen LogP contribution in [0, 0.1) is 5.41 Å². The maximum Gasteiger partial charge on any atom is 0.133 e. The molecule has 0 radical (unpaired) electrons. The molecule has 1 fully saturated rings. The molecule has 1 saturated heterocycles. The lowest BCUT2D eigenvalue weighted by molar-refractivity contribution is 0.117. The third-order valence-electron chi connectivity index (χ3n) is 4.30. The molecular formula is C16H22N2OS2. The molecule has 5 heteroatoms. The maximum atomic E-state index is 9.72. The van der Waals surface area contributed by atoms with Gasteiger partial charge in [-0.2, -0.15) is 0 Å². The third kappa shape index (κ3) is 3.37. The molecule has 1 aliphatic heterocycles. The molecule has 2 aromatic rings. The second kappa shape index (κ2) is 6.57. The minimum Gasteiger partial charge on any atom is -0.396 e. The lowest BCUT2D eigenvalue weighted by Crippen LogP contribution is -2.30. The van der Waals surface area contributed by atoms with E-state index < -0.39 is 0 Å². The van der Waals surface area contributed by atoms with Gasteiger partial charge in [0.25, 0.3) is 0 Å². The van der Waals surface area contributed by atoms with E-state index in [2.05, 4.69) is 34.7 Å². The van der Waals surface area contributed by atoms with E-state index in [0.717, 1.165) is 49.6 Å². The van der Waals surface area contributed by atoms with Crippen molar-refractivity contribution in [2.45, 2.75) is 32.7 Å². The number of aromatic nitrogens is 1. The Kier molecular flexibility index (Phi) is 4.74. The number of hydrogen-bond acceptors (Lipinski definition) is 5. The fraction of sp³-hybridized carbons (Fsp3) is 0.562. The Morgan fingerprint density at radius 1 is 1.43 bits per heavy atom. The highest BCUT2D eigenvalue weighted by molar-refractivity contribution is 7.20. The predicted octanol–water partition coefficient (Wildman–Crippen LogP) is 3.86. The molecule has 1 aliphatic rings.